The van der Waals surface area contributed by atoms with Crippen molar-refractivity contribution >= 4 is 20.0 Å². The van der Waals surface area contributed by atoms with Crippen molar-refractivity contribution in [3.63, 3.8) is 0 Å². The van der Waals surface area contributed by atoms with Crippen LogP contribution in [0.5, 0.6) is 0 Å². The van der Waals surface area contributed by atoms with Gasteiger partial charge in [0.2, 0.25) is 0 Å². The number of sulfone groups is 1. The first kappa shape index (κ1) is 13.5. The summed E-state index contributed by atoms with van der Waals surface area (Å²) in [5.74, 6) is -0.407. The predicted octanol–water partition coefficient (Wildman–Crippen LogP) is 0.720. The van der Waals surface area contributed by atoms with Gasteiger partial charge in [-0.05, 0) is 12.0 Å². The maximum absolute atomic E-state index is 11.8. The van der Waals surface area contributed by atoms with Crippen molar-refractivity contribution in [2.24, 2.45) is 0 Å². The highest BCUT2D eigenvalue weighted by molar-refractivity contribution is 7.94. The summed E-state index contributed by atoms with van der Waals surface area (Å²) in [6.07, 6.45) is 0.124. The molecule has 18 heavy (non-hydrogen) atoms. The molecule has 1 atom stereocenters. The first-order valence-corrected chi connectivity index (χ1v) is 8.81. The lowest BCUT2D eigenvalue weighted by Gasteiger charge is -2.10. The molecule has 0 aromatic heterocycles. The van der Waals surface area contributed by atoms with Crippen LogP contribution in [0.4, 0.5) is 0 Å². The second kappa shape index (κ2) is 4.99. The van der Waals surface area contributed by atoms with Crippen molar-refractivity contribution in [3.8, 4) is 0 Å². The fourth-order valence-corrected chi connectivity index (χ4v) is 5.69. The monoisotopic (exact) mass is 290 g/mol. The normalized spacial score (nSPS) is 23.0. The maximum atomic E-state index is 11.8. The van der Waals surface area contributed by atoms with E-state index in [2.05, 4.69) is 0 Å². The van der Waals surface area contributed by atoms with Gasteiger partial charge in [-0.3, -0.25) is 4.18 Å². The molecule has 5 nitrogen and oxygen atoms in total. The highest BCUT2D eigenvalue weighted by atomic mass is 32.2. The molecule has 1 aromatic rings. The van der Waals surface area contributed by atoms with Crippen LogP contribution in [0.15, 0.2) is 30.3 Å². The van der Waals surface area contributed by atoms with E-state index >= 15 is 0 Å². The minimum Gasteiger partial charge on any atom is -0.265 e. The van der Waals surface area contributed by atoms with Gasteiger partial charge >= 0.3 is 0 Å². The zero-order valence-electron chi connectivity index (χ0n) is 9.65. The number of hydrogen-bond donors (Lipinski definition) is 0. The van der Waals surface area contributed by atoms with Gasteiger partial charge in [0.15, 0.2) is 9.84 Å². The first-order valence-electron chi connectivity index (χ1n) is 5.52. The molecule has 7 heteroatoms. The topological polar surface area (TPSA) is 77.5 Å². The molecule has 1 saturated heterocycles. The maximum Gasteiger partial charge on any atom is 0.271 e. The van der Waals surface area contributed by atoms with Gasteiger partial charge in [-0.1, -0.05) is 30.3 Å². The highest BCUT2D eigenvalue weighted by Crippen LogP contribution is 2.21. The summed E-state index contributed by atoms with van der Waals surface area (Å²) in [6.45, 7) is -0.0558. The standard InChI is InChI=1S/C11H14O5S2/c12-17(13)7-6-11(9-17)18(14,15)16-8-10-4-2-1-3-5-10/h1-5,11H,6-9H2. The first-order chi connectivity index (χ1) is 8.39. The van der Waals surface area contributed by atoms with E-state index in [0.29, 0.717) is 0 Å². The molecule has 2 rings (SSSR count). The Morgan fingerprint density at radius 3 is 2.44 bits per heavy atom. The van der Waals surface area contributed by atoms with Crippen molar-refractivity contribution in [1.82, 2.24) is 0 Å². The van der Waals surface area contributed by atoms with Gasteiger partial charge in [0.25, 0.3) is 10.1 Å². The van der Waals surface area contributed by atoms with E-state index in [1.807, 2.05) is 6.07 Å². The Morgan fingerprint density at radius 1 is 1.22 bits per heavy atom. The number of benzene rings is 1. The van der Waals surface area contributed by atoms with E-state index in [0.717, 1.165) is 5.56 Å². The van der Waals surface area contributed by atoms with Crippen molar-refractivity contribution < 1.29 is 21.0 Å². The molecule has 0 aliphatic carbocycles. The molecule has 1 heterocycles. The third-order valence-corrected chi connectivity index (χ3v) is 6.48. The van der Waals surface area contributed by atoms with Gasteiger partial charge in [0.1, 0.15) is 5.25 Å². The van der Waals surface area contributed by atoms with Gasteiger partial charge < -0.3 is 0 Å². The Hall–Kier alpha value is -0.920. The van der Waals surface area contributed by atoms with Crippen molar-refractivity contribution in [3.05, 3.63) is 35.9 Å². The lowest BCUT2D eigenvalue weighted by Crippen LogP contribution is -2.24. The lowest BCUT2D eigenvalue weighted by molar-refractivity contribution is 0.303. The Bertz CT molecular complexity index is 604. The molecule has 1 aliphatic heterocycles. The zero-order chi connectivity index (χ0) is 13.2. The molecule has 1 unspecified atom stereocenters. The summed E-state index contributed by atoms with van der Waals surface area (Å²) >= 11 is 0. The van der Waals surface area contributed by atoms with E-state index in [1.54, 1.807) is 24.3 Å². The Morgan fingerprint density at radius 2 is 1.89 bits per heavy atom. The molecule has 1 aliphatic rings. The summed E-state index contributed by atoms with van der Waals surface area (Å²) in [7, 11) is -7.03. The fourth-order valence-electron chi connectivity index (χ4n) is 1.81. The van der Waals surface area contributed by atoms with E-state index < -0.39 is 25.2 Å². The molecule has 0 amide bonds. The van der Waals surface area contributed by atoms with Gasteiger partial charge in [-0.2, -0.15) is 8.42 Å². The summed E-state index contributed by atoms with van der Waals surface area (Å²) in [5, 5.41) is -0.925. The van der Waals surface area contributed by atoms with Crippen molar-refractivity contribution in [2.75, 3.05) is 11.5 Å². The minimum atomic E-state index is -3.81. The van der Waals surface area contributed by atoms with Crippen LogP contribution in [0.25, 0.3) is 0 Å². The summed E-state index contributed by atoms with van der Waals surface area (Å²) < 4.78 is 51.0. The van der Waals surface area contributed by atoms with E-state index in [9.17, 15) is 16.8 Å². The highest BCUT2D eigenvalue weighted by Gasteiger charge is 2.37. The predicted molar refractivity (Wildman–Crippen MR) is 67.2 cm³/mol. The Labute approximate surface area is 107 Å². The van der Waals surface area contributed by atoms with Gasteiger partial charge in [-0.15, -0.1) is 0 Å². The third kappa shape index (κ3) is 3.30. The molecular formula is C11H14O5S2. The van der Waals surface area contributed by atoms with Crippen LogP contribution in [0, 0.1) is 0 Å². The summed E-state index contributed by atoms with van der Waals surface area (Å²) in [5.41, 5.74) is 0.738. The van der Waals surface area contributed by atoms with Crippen molar-refractivity contribution in [1.29, 1.82) is 0 Å². The van der Waals surface area contributed by atoms with Gasteiger partial charge in [0, 0.05) is 0 Å². The van der Waals surface area contributed by atoms with E-state index in [1.165, 1.54) is 0 Å². The van der Waals surface area contributed by atoms with E-state index in [4.69, 9.17) is 4.18 Å². The number of hydrogen-bond acceptors (Lipinski definition) is 5. The average Bonchev–Trinajstić information content (AvgIpc) is 2.69. The number of rotatable bonds is 4. The molecule has 0 spiro atoms. The largest absolute Gasteiger partial charge is 0.271 e. The Balaban J connectivity index is 2.01. The molecule has 0 saturated carbocycles. The zero-order valence-corrected chi connectivity index (χ0v) is 11.3. The van der Waals surface area contributed by atoms with Crippen LogP contribution in [-0.4, -0.2) is 33.6 Å². The quantitative estimate of drug-likeness (QED) is 0.764. The van der Waals surface area contributed by atoms with Crippen LogP contribution < -0.4 is 0 Å². The second-order valence-corrected chi connectivity index (χ2v) is 8.38. The fraction of sp³-hybridized carbons (Fsp3) is 0.455. The summed E-state index contributed by atoms with van der Waals surface area (Å²) in [4.78, 5) is 0. The summed E-state index contributed by atoms with van der Waals surface area (Å²) in [6, 6.07) is 8.89. The molecule has 0 N–H and O–H groups in total. The van der Waals surface area contributed by atoms with Crippen LogP contribution in [-0.2, 0) is 30.7 Å². The van der Waals surface area contributed by atoms with E-state index in [-0.39, 0.29) is 24.5 Å². The SMILES string of the molecule is O=S1(=O)CCC(S(=O)(=O)OCc2ccccc2)C1. The van der Waals surface area contributed by atoms with Crippen LogP contribution in [0.2, 0.25) is 0 Å². The third-order valence-electron chi connectivity index (χ3n) is 2.83. The minimum absolute atomic E-state index is 0.0558. The molecule has 1 aromatic carbocycles. The molecule has 1 fully saturated rings. The second-order valence-electron chi connectivity index (χ2n) is 4.27. The molecule has 100 valence electrons. The smallest absolute Gasteiger partial charge is 0.265 e. The Kier molecular flexibility index (Phi) is 3.74. The van der Waals surface area contributed by atoms with Crippen LogP contribution in [0.3, 0.4) is 0 Å². The van der Waals surface area contributed by atoms with Gasteiger partial charge in [0.05, 0.1) is 18.1 Å². The molecule has 0 radical (unpaired) electrons. The lowest BCUT2D eigenvalue weighted by atomic mass is 10.2. The molecular weight excluding hydrogens is 276 g/mol. The van der Waals surface area contributed by atoms with Gasteiger partial charge in [-0.25, -0.2) is 8.42 Å². The van der Waals surface area contributed by atoms with Crippen LogP contribution in [0.1, 0.15) is 12.0 Å². The average molecular weight is 290 g/mol. The molecule has 0 bridgehead atoms. The van der Waals surface area contributed by atoms with Crippen molar-refractivity contribution in [2.45, 2.75) is 18.3 Å². The van der Waals surface area contributed by atoms with Crippen LogP contribution >= 0.6 is 0 Å².